The minimum absolute atomic E-state index is 0.102. The molecule has 6 rings (SSSR count). The number of aryl methyl sites for hydroxylation is 1. The average molecular weight is 555 g/mol. The molecular weight excluding hydrogens is 529 g/mol. The van der Waals surface area contributed by atoms with Crippen LogP contribution in [-0.2, 0) is 16.4 Å². The molecule has 4 aromatic carbocycles. The maximum absolute atomic E-state index is 13.6. The fraction of sp³-hybridized carbons (Fsp3) is 0.152. The molecule has 1 heterocycles. The molecule has 1 aromatic heterocycles. The Balaban J connectivity index is 1.25. The van der Waals surface area contributed by atoms with Crippen LogP contribution in [0.4, 0.5) is 24.5 Å². The Morgan fingerprint density at radius 1 is 0.854 bits per heavy atom. The van der Waals surface area contributed by atoms with Crippen molar-refractivity contribution in [2.45, 2.75) is 31.4 Å². The lowest BCUT2D eigenvalue weighted by atomic mass is 9.93. The Bertz CT molecular complexity index is 1740. The lowest BCUT2D eigenvalue weighted by Gasteiger charge is -2.14. The number of alkyl halides is 3. The second-order valence-corrected chi connectivity index (χ2v) is 10.3. The zero-order chi connectivity index (χ0) is 28.8. The lowest BCUT2D eigenvalue weighted by molar-refractivity contribution is -0.140. The minimum Gasteiger partial charge on any atom is -0.481 e. The van der Waals surface area contributed by atoms with Gasteiger partial charge in [0.1, 0.15) is 11.4 Å². The summed E-state index contributed by atoms with van der Waals surface area (Å²) in [7, 11) is 0. The Morgan fingerprint density at radius 3 is 2.12 bits per heavy atom. The number of benzene rings is 4. The Morgan fingerprint density at radius 2 is 1.49 bits per heavy atom. The first-order valence-corrected chi connectivity index (χ1v) is 13.1. The van der Waals surface area contributed by atoms with Gasteiger partial charge in [-0.15, -0.1) is 0 Å². The predicted octanol–water partition coefficient (Wildman–Crippen LogP) is 8.86. The molecule has 1 saturated carbocycles. The van der Waals surface area contributed by atoms with E-state index in [0.29, 0.717) is 41.2 Å². The van der Waals surface area contributed by atoms with E-state index in [-0.39, 0.29) is 5.56 Å². The molecule has 5 nitrogen and oxygen atoms in total. The Kier molecular flexibility index (Phi) is 6.41. The number of carbonyl (C=O) groups is 1. The molecule has 1 aliphatic rings. The standard InChI is InChI=1S/C33H25F3N2O3/c1-20-29(37-26-6-4-5-24(19-26)27-7-2-3-8-28(27)33(34,35)36)30(41-38-20)23-11-9-21(10-12-23)22-13-15-25(16-14-22)32(17-18-32)31(39)40/h2-16,19,37H,17-18H2,1H3,(H,39,40). The van der Waals surface area contributed by atoms with Gasteiger partial charge in [-0.05, 0) is 65.8 Å². The zero-order valence-electron chi connectivity index (χ0n) is 22.0. The fourth-order valence-electron chi connectivity index (χ4n) is 5.15. The molecule has 41 heavy (non-hydrogen) atoms. The van der Waals surface area contributed by atoms with E-state index in [1.165, 1.54) is 12.1 Å². The van der Waals surface area contributed by atoms with Crippen LogP contribution in [0.3, 0.4) is 0 Å². The number of hydrogen-bond acceptors (Lipinski definition) is 4. The summed E-state index contributed by atoms with van der Waals surface area (Å²) in [5.41, 5.74) is 4.44. The van der Waals surface area contributed by atoms with Crippen molar-refractivity contribution in [1.29, 1.82) is 0 Å². The fourth-order valence-corrected chi connectivity index (χ4v) is 5.15. The first kappa shape index (κ1) is 26.4. The highest BCUT2D eigenvalue weighted by Gasteiger charge is 2.51. The maximum Gasteiger partial charge on any atom is 0.417 e. The molecular formula is C33H25F3N2O3. The van der Waals surface area contributed by atoms with Crippen molar-refractivity contribution in [2.75, 3.05) is 5.32 Å². The zero-order valence-corrected chi connectivity index (χ0v) is 22.0. The normalized spacial score (nSPS) is 14.0. The van der Waals surface area contributed by atoms with E-state index in [2.05, 4.69) is 10.5 Å². The molecule has 0 radical (unpaired) electrons. The van der Waals surface area contributed by atoms with E-state index in [0.717, 1.165) is 28.3 Å². The van der Waals surface area contributed by atoms with Crippen LogP contribution in [0.25, 0.3) is 33.6 Å². The number of nitrogens with one attached hydrogen (secondary N) is 1. The summed E-state index contributed by atoms with van der Waals surface area (Å²) >= 11 is 0. The molecule has 8 heteroatoms. The summed E-state index contributed by atoms with van der Waals surface area (Å²) in [6, 6.07) is 27.6. The van der Waals surface area contributed by atoms with Crippen LogP contribution in [0, 0.1) is 6.92 Å². The van der Waals surface area contributed by atoms with Crippen LogP contribution in [0.2, 0.25) is 0 Å². The van der Waals surface area contributed by atoms with Crippen molar-refractivity contribution >= 4 is 17.3 Å². The Hall–Kier alpha value is -4.85. The van der Waals surface area contributed by atoms with Gasteiger partial charge >= 0.3 is 12.1 Å². The quantitative estimate of drug-likeness (QED) is 0.210. The van der Waals surface area contributed by atoms with E-state index in [4.69, 9.17) is 4.52 Å². The molecule has 0 spiro atoms. The molecule has 1 aliphatic carbocycles. The van der Waals surface area contributed by atoms with E-state index in [1.807, 2.05) is 48.5 Å². The second-order valence-electron chi connectivity index (χ2n) is 10.3. The predicted molar refractivity (Wildman–Crippen MR) is 151 cm³/mol. The molecule has 5 aromatic rings. The van der Waals surface area contributed by atoms with Crippen molar-refractivity contribution in [2.24, 2.45) is 0 Å². The van der Waals surface area contributed by atoms with E-state index in [1.54, 1.807) is 37.3 Å². The van der Waals surface area contributed by atoms with Gasteiger partial charge in [-0.25, -0.2) is 0 Å². The van der Waals surface area contributed by atoms with Crippen LogP contribution < -0.4 is 5.32 Å². The van der Waals surface area contributed by atoms with E-state index < -0.39 is 23.1 Å². The second kappa shape index (κ2) is 9.96. The number of carboxylic acid groups (broad SMARTS) is 1. The molecule has 0 saturated heterocycles. The van der Waals surface area contributed by atoms with Gasteiger partial charge < -0.3 is 14.9 Å². The molecule has 0 aliphatic heterocycles. The smallest absolute Gasteiger partial charge is 0.417 e. The number of hydrogen-bond donors (Lipinski definition) is 2. The van der Waals surface area contributed by atoms with Gasteiger partial charge in [0.15, 0.2) is 5.76 Å². The molecule has 0 bridgehead atoms. The van der Waals surface area contributed by atoms with Crippen LogP contribution in [0.15, 0.2) is 102 Å². The van der Waals surface area contributed by atoms with Crippen LogP contribution in [-0.4, -0.2) is 16.2 Å². The molecule has 0 atom stereocenters. The minimum atomic E-state index is -4.47. The highest BCUT2D eigenvalue weighted by Crippen LogP contribution is 2.48. The van der Waals surface area contributed by atoms with Gasteiger partial charge in [0.2, 0.25) is 0 Å². The van der Waals surface area contributed by atoms with Gasteiger partial charge in [-0.1, -0.05) is 84.0 Å². The third-order valence-electron chi connectivity index (χ3n) is 7.62. The monoisotopic (exact) mass is 554 g/mol. The average Bonchev–Trinajstić information content (AvgIpc) is 3.72. The van der Waals surface area contributed by atoms with E-state index >= 15 is 0 Å². The lowest BCUT2D eigenvalue weighted by Crippen LogP contribution is -2.19. The van der Waals surface area contributed by atoms with Gasteiger partial charge in [0.05, 0.1) is 11.0 Å². The van der Waals surface area contributed by atoms with Crippen LogP contribution >= 0.6 is 0 Å². The first-order valence-electron chi connectivity index (χ1n) is 13.1. The van der Waals surface area contributed by atoms with E-state index in [9.17, 15) is 23.1 Å². The van der Waals surface area contributed by atoms with Crippen molar-refractivity contribution in [1.82, 2.24) is 5.16 Å². The highest BCUT2D eigenvalue weighted by atomic mass is 19.4. The number of carboxylic acids is 1. The van der Waals surface area contributed by atoms with Crippen molar-refractivity contribution in [3.05, 3.63) is 114 Å². The number of aromatic nitrogens is 1. The summed E-state index contributed by atoms with van der Waals surface area (Å²) in [5, 5.41) is 16.9. The van der Waals surface area contributed by atoms with Crippen LogP contribution in [0.5, 0.6) is 0 Å². The highest BCUT2D eigenvalue weighted by molar-refractivity contribution is 5.85. The first-order chi connectivity index (χ1) is 19.7. The van der Waals surface area contributed by atoms with Gasteiger partial charge in [-0.3, -0.25) is 4.79 Å². The summed E-state index contributed by atoms with van der Waals surface area (Å²) < 4.78 is 46.5. The van der Waals surface area contributed by atoms with Gasteiger partial charge in [0, 0.05) is 11.3 Å². The Labute approximate surface area is 234 Å². The molecule has 1 fully saturated rings. The molecule has 2 N–H and O–H groups in total. The maximum atomic E-state index is 13.6. The number of aliphatic carboxylic acids is 1. The number of nitrogens with zero attached hydrogens (tertiary/aromatic N) is 1. The third-order valence-corrected chi connectivity index (χ3v) is 7.62. The largest absolute Gasteiger partial charge is 0.481 e. The summed E-state index contributed by atoms with van der Waals surface area (Å²) in [4.78, 5) is 11.6. The topological polar surface area (TPSA) is 75.4 Å². The van der Waals surface area contributed by atoms with Crippen LogP contribution in [0.1, 0.15) is 29.7 Å². The van der Waals surface area contributed by atoms with Gasteiger partial charge in [0.25, 0.3) is 0 Å². The van der Waals surface area contributed by atoms with Gasteiger partial charge in [-0.2, -0.15) is 13.2 Å². The number of halogens is 3. The SMILES string of the molecule is Cc1noc(-c2ccc(-c3ccc(C4(C(=O)O)CC4)cc3)cc2)c1Nc1cccc(-c2ccccc2C(F)(F)F)c1. The number of anilines is 2. The summed E-state index contributed by atoms with van der Waals surface area (Å²) in [6.07, 6.45) is -3.15. The number of rotatable bonds is 7. The van der Waals surface area contributed by atoms with Crippen molar-refractivity contribution in [3.63, 3.8) is 0 Å². The van der Waals surface area contributed by atoms with Crippen molar-refractivity contribution < 1.29 is 27.6 Å². The molecule has 0 unspecified atom stereocenters. The summed E-state index contributed by atoms with van der Waals surface area (Å²) in [6.45, 7) is 1.79. The molecule has 0 amide bonds. The third kappa shape index (κ3) is 4.97. The van der Waals surface area contributed by atoms with Crippen molar-refractivity contribution in [3.8, 4) is 33.6 Å². The summed E-state index contributed by atoms with van der Waals surface area (Å²) in [5.74, 6) is -0.276. The molecule has 206 valence electrons.